The van der Waals surface area contributed by atoms with Crippen LogP contribution in [0.2, 0.25) is 0 Å². The molecule has 4 aliphatic rings. The average molecular weight is 595 g/mol. The molecule has 3 heterocycles. The van der Waals surface area contributed by atoms with Gasteiger partial charge in [0.2, 0.25) is 11.6 Å². The largest absolute Gasteiger partial charge is 0.478 e. The summed E-state index contributed by atoms with van der Waals surface area (Å²) in [4.78, 5) is 64.1. The number of carbonyl (C=O) groups excluding carboxylic acids is 2. The van der Waals surface area contributed by atoms with E-state index in [4.69, 9.17) is 19.6 Å². The Morgan fingerprint density at radius 1 is 0.718 bits per heavy atom. The topological polar surface area (TPSA) is 171 Å². The van der Waals surface area contributed by atoms with E-state index < -0.39 is 15.6 Å². The number of Topliss-reactive ketones (excluding diaryl/α,β-unsaturated/α-hetero) is 1. The zero-order chi connectivity index (χ0) is 29.2. The Kier molecular flexibility index (Phi) is 13.3. The first-order chi connectivity index (χ1) is 18.3. The monoisotopic (exact) mass is 594 g/mol. The number of allylic oxidation sites excluding steroid dienone is 1. The van der Waals surface area contributed by atoms with Crippen molar-refractivity contribution in [1.29, 1.82) is 0 Å². The predicted octanol–water partition coefficient (Wildman–Crippen LogP) is 2.06. The SMILES string of the molecule is CCCCN(CCCC)CCCC.O=C1C=C(N2CC2)C(=O)C(N2CC2)=C1N1CC1.O=P(O)(O)OP(=O)(O)O. The molecule has 15 heteroatoms. The van der Waals surface area contributed by atoms with E-state index in [2.05, 4.69) is 30.0 Å². The minimum atomic E-state index is -5.05. The number of hydrogen-bond acceptors (Lipinski definition) is 9. The molecule has 39 heavy (non-hydrogen) atoms. The zero-order valence-corrected chi connectivity index (χ0v) is 25.0. The molecule has 0 aromatic heterocycles. The van der Waals surface area contributed by atoms with Crippen LogP contribution in [0.1, 0.15) is 59.3 Å². The third-order valence-electron chi connectivity index (χ3n) is 6.18. The van der Waals surface area contributed by atoms with Crippen LogP contribution >= 0.6 is 15.6 Å². The van der Waals surface area contributed by atoms with Gasteiger partial charge in [-0.2, -0.15) is 4.31 Å². The van der Waals surface area contributed by atoms with Crippen molar-refractivity contribution in [3.05, 3.63) is 23.2 Å². The lowest BCUT2D eigenvalue weighted by atomic mass is 10.0. The normalized spacial score (nSPS) is 18.5. The summed E-state index contributed by atoms with van der Waals surface area (Å²) in [6.07, 6.45) is 9.61. The van der Waals surface area contributed by atoms with Gasteiger partial charge in [-0.1, -0.05) is 40.0 Å². The summed E-state index contributed by atoms with van der Waals surface area (Å²) in [6.45, 7) is 16.2. The van der Waals surface area contributed by atoms with Gasteiger partial charge in [0.25, 0.3) is 0 Å². The number of hydrogen-bond donors (Lipinski definition) is 4. The van der Waals surface area contributed by atoms with Gasteiger partial charge in [-0.15, -0.1) is 0 Å². The molecule has 0 atom stereocenters. The molecule has 3 aliphatic heterocycles. The first-order valence-corrected chi connectivity index (χ1v) is 16.7. The summed E-state index contributed by atoms with van der Waals surface area (Å²) in [5, 5.41) is 0. The second-order valence-electron chi connectivity index (χ2n) is 9.85. The van der Waals surface area contributed by atoms with Crippen molar-refractivity contribution in [3.8, 4) is 0 Å². The summed E-state index contributed by atoms with van der Waals surface area (Å²) in [5.41, 5.74) is 1.89. The zero-order valence-electron chi connectivity index (χ0n) is 23.2. The van der Waals surface area contributed by atoms with Crippen molar-refractivity contribution in [2.75, 3.05) is 58.9 Å². The number of ketones is 2. The van der Waals surface area contributed by atoms with Gasteiger partial charge in [0.1, 0.15) is 11.4 Å². The van der Waals surface area contributed by atoms with Crippen LogP contribution in [0, 0.1) is 0 Å². The molecule has 0 saturated carbocycles. The molecule has 0 bridgehead atoms. The summed E-state index contributed by atoms with van der Waals surface area (Å²) in [6, 6.07) is 0. The van der Waals surface area contributed by atoms with Gasteiger partial charge in [-0.3, -0.25) is 9.59 Å². The number of rotatable bonds is 14. The minimum absolute atomic E-state index is 0.00546. The average Bonchev–Trinajstić information content (AvgIpc) is 3.69. The van der Waals surface area contributed by atoms with Crippen LogP contribution in [0.3, 0.4) is 0 Å². The van der Waals surface area contributed by atoms with Gasteiger partial charge in [-0.25, -0.2) is 9.13 Å². The Morgan fingerprint density at radius 2 is 1.10 bits per heavy atom. The molecular weight excluding hydrogens is 550 g/mol. The van der Waals surface area contributed by atoms with E-state index in [9.17, 15) is 18.7 Å². The van der Waals surface area contributed by atoms with Crippen LogP contribution in [0.25, 0.3) is 0 Å². The molecule has 4 rings (SSSR count). The van der Waals surface area contributed by atoms with Crippen LogP contribution in [0.5, 0.6) is 0 Å². The fourth-order valence-electron chi connectivity index (χ4n) is 3.89. The molecule has 4 N–H and O–H groups in total. The number of nitrogens with zero attached hydrogens (tertiary/aromatic N) is 4. The maximum Gasteiger partial charge on any atom is 0.478 e. The highest BCUT2D eigenvalue weighted by molar-refractivity contribution is 7.60. The van der Waals surface area contributed by atoms with Crippen LogP contribution < -0.4 is 0 Å². The van der Waals surface area contributed by atoms with Crippen molar-refractivity contribution < 1.29 is 42.6 Å². The highest BCUT2D eigenvalue weighted by Gasteiger charge is 2.43. The van der Waals surface area contributed by atoms with Crippen LogP contribution in [0.4, 0.5) is 0 Å². The first kappa shape index (κ1) is 33.6. The van der Waals surface area contributed by atoms with E-state index in [0.29, 0.717) is 17.1 Å². The molecule has 0 amide bonds. The minimum Gasteiger partial charge on any atom is -0.365 e. The van der Waals surface area contributed by atoms with E-state index in [1.54, 1.807) is 0 Å². The molecule has 0 radical (unpaired) electrons. The van der Waals surface area contributed by atoms with Gasteiger partial charge >= 0.3 is 15.6 Å². The van der Waals surface area contributed by atoms with Crippen molar-refractivity contribution in [2.24, 2.45) is 0 Å². The van der Waals surface area contributed by atoms with E-state index in [1.165, 1.54) is 64.2 Å². The smallest absolute Gasteiger partial charge is 0.365 e. The fraction of sp³-hybridized carbons (Fsp3) is 0.750. The Bertz CT molecular complexity index is 957. The summed E-state index contributed by atoms with van der Waals surface area (Å²) >= 11 is 0. The maximum absolute atomic E-state index is 12.4. The first-order valence-electron chi connectivity index (χ1n) is 13.7. The third kappa shape index (κ3) is 13.1. The molecular formula is C24H44N4O9P2. The quantitative estimate of drug-likeness (QED) is 0.131. The summed E-state index contributed by atoms with van der Waals surface area (Å²) < 4.78 is 22.2. The van der Waals surface area contributed by atoms with E-state index in [-0.39, 0.29) is 11.6 Å². The molecule has 0 aromatic carbocycles. The third-order valence-corrected chi connectivity index (χ3v) is 7.89. The second kappa shape index (κ2) is 15.4. The van der Waals surface area contributed by atoms with Crippen LogP contribution in [-0.4, -0.2) is 110 Å². The van der Waals surface area contributed by atoms with Crippen LogP contribution in [-0.2, 0) is 23.0 Å². The predicted molar refractivity (Wildman–Crippen MR) is 146 cm³/mol. The van der Waals surface area contributed by atoms with Crippen molar-refractivity contribution in [3.63, 3.8) is 0 Å². The number of unbranched alkanes of at least 4 members (excludes halogenated alkanes) is 3. The lowest BCUT2D eigenvalue weighted by Crippen LogP contribution is -2.29. The molecule has 13 nitrogen and oxygen atoms in total. The molecule has 224 valence electrons. The number of phosphoric acid groups is 2. The fourth-order valence-corrected chi connectivity index (χ4v) is 5.00. The van der Waals surface area contributed by atoms with Crippen molar-refractivity contribution in [2.45, 2.75) is 59.3 Å². The Balaban J connectivity index is 0.000000218. The molecule has 0 spiro atoms. The summed E-state index contributed by atoms with van der Waals surface area (Å²) in [7, 11) is -10.1. The standard InChI is InChI=1S/C12H13N3O2.C12H27N.H4O7P2/c16-9-7-8(13-1-2-13)12(17)11(15-5-6-15)10(9)14-3-4-14;1-4-7-10-13(11-8-5-2)12-9-6-3;1-8(2,3)7-9(4,5)6/h7H,1-6H2;4-12H2,1-3H3;(H2,1,2,3)(H2,4,5,6). The van der Waals surface area contributed by atoms with Gasteiger partial charge in [0.15, 0.2) is 0 Å². The molecule has 3 fully saturated rings. The van der Waals surface area contributed by atoms with Crippen molar-refractivity contribution in [1.82, 2.24) is 19.6 Å². The second-order valence-corrected chi connectivity index (χ2v) is 12.5. The molecule has 1 aliphatic carbocycles. The van der Waals surface area contributed by atoms with Crippen LogP contribution in [0.15, 0.2) is 23.2 Å². The van der Waals surface area contributed by atoms with E-state index in [0.717, 1.165) is 39.3 Å². The molecule has 0 unspecified atom stereocenters. The molecule has 0 aromatic rings. The lowest BCUT2D eigenvalue weighted by molar-refractivity contribution is -0.117. The lowest BCUT2D eigenvalue weighted by Gasteiger charge is -2.21. The Morgan fingerprint density at radius 3 is 1.41 bits per heavy atom. The Labute approximate surface area is 230 Å². The van der Waals surface area contributed by atoms with E-state index >= 15 is 0 Å². The highest BCUT2D eigenvalue weighted by atomic mass is 31.3. The van der Waals surface area contributed by atoms with E-state index in [1.807, 2.05) is 14.7 Å². The van der Waals surface area contributed by atoms with Gasteiger partial charge in [0, 0.05) is 45.3 Å². The van der Waals surface area contributed by atoms with Gasteiger partial charge in [0.05, 0.1) is 5.70 Å². The maximum atomic E-state index is 12.4. The number of carbonyl (C=O) groups is 2. The highest BCUT2D eigenvalue weighted by Crippen LogP contribution is 2.53. The van der Waals surface area contributed by atoms with Crippen molar-refractivity contribution >= 4 is 27.2 Å². The van der Waals surface area contributed by atoms with Gasteiger partial charge < -0.3 is 39.2 Å². The van der Waals surface area contributed by atoms with Gasteiger partial charge in [-0.05, 0) is 38.9 Å². The Hall–Kier alpha value is -1.56. The summed E-state index contributed by atoms with van der Waals surface area (Å²) in [5.74, 6) is 0.0485. The molecule has 3 saturated heterocycles.